The Balaban J connectivity index is 1.76. The van der Waals surface area contributed by atoms with Gasteiger partial charge in [0.2, 0.25) is 0 Å². The van der Waals surface area contributed by atoms with Gasteiger partial charge in [-0.1, -0.05) is 31.4 Å². The van der Waals surface area contributed by atoms with Crippen LogP contribution in [0.3, 0.4) is 0 Å². The van der Waals surface area contributed by atoms with E-state index in [1.54, 1.807) is 0 Å². The largest absolute Gasteiger partial charge is 0.374 e. The molecule has 0 atom stereocenters. The number of hydrogen-bond acceptors (Lipinski definition) is 3. The lowest BCUT2D eigenvalue weighted by atomic mass is 10.1. The van der Waals surface area contributed by atoms with E-state index in [2.05, 4.69) is 47.4 Å². The molecule has 2 nitrogen and oxygen atoms in total. The second-order valence-corrected chi connectivity index (χ2v) is 6.90. The van der Waals surface area contributed by atoms with Gasteiger partial charge in [0.1, 0.15) is 0 Å². The molecule has 0 amide bonds. The smallest absolute Gasteiger partial charge is 0.0501 e. The second kappa shape index (κ2) is 9.37. The first-order chi connectivity index (χ1) is 10.3. The molecule has 0 unspecified atom stereocenters. The van der Waals surface area contributed by atoms with Crippen molar-refractivity contribution in [3.63, 3.8) is 0 Å². The number of thioether (sulfide) groups is 1. The van der Waals surface area contributed by atoms with Crippen LogP contribution in [-0.2, 0) is 0 Å². The van der Waals surface area contributed by atoms with Crippen molar-refractivity contribution in [2.24, 2.45) is 0 Å². The van der Waals surface area contributed by atoms with Gasteiger partial charge >= 0.3 is 0 Å². The van der Waals surface area contributed by atoms with Crippen molar-refractivity contribution >= 4 is 17.4 Å². The van der Waals surface area contributed by atoms with E-state index in [0.29, 0.717) is 0 Å². The van der Waals surface area contributed by atoms with E-state index in [1.807, 2.05) is 11.8 Å². The summed E-state index contributed by atoms with van der Waals surface area (Å²) in [6.07, 6.45) is 10.5. The maximum atomic E-state index is 2.67. The minimum atomic E-state index is 1.15. The molecule has 0 aliphatic carbocycles. The maximum Gasteiger partial charge on any atom is 0.0501 e. The zero-order valence-electron chi connectivity index (χ0n) is 13.7. The van der Waals surface area contributed by atoms with E-state index in [-0.39, 0.29) is 0 Å². The normalized spacial score (nSPS) is 17.2. The summed E-state index contributed by atoms with van der Waals surface area (Å²) >= 11 is 1.84. The lowest BCUT2D eigenvalue weighted by Gasteiger charge is -2.26. The van der Waals surface area contributed by atoms with Crippen LogP contribution in [0.5, 0.6) is 0 Å². The minimum absolute atomic E-state index is 1.15. The number of likely N-dealkylation sites (tertiary alicyclic amines) is 1. The average molecular weight is 307 g/mol. The minimum Gasteiger partial charge on any atom is -0.374 e. The van der Waals surface area contributed by atoms with Gasteiger partial charge in [-0.2, -0.15) is 0 Å². The van der Waals surface area contributed by atoms with Gasteiger partial charge in [-0.15, -0.1) is 11.8 Å². The quantitative estimate of drug-likeness (QED) is 0.714. The van der Waals surface area contributed by atoms with Crippen molar-refractivity contribution in [1.82, 2.24) is 4.90 Å². The molecule has 3 heteroatoms. The molecule has 118 valence electrons. The molecule has 1 aromatic rings. The maximum absolute atomic E-state index is 2.67. The highest BCUT2D eigenvalue weighted by atomic mass is 32.2. The van der Waals surface area contributed by atoms with E-state index in [0.717, 1.165) is 6.54 Å². The van der Waals surface area contributed by atoms with E-state index in [1.165, 1.54) is 68.7 Å². The van der Waals surface area contributed by atoms with Gasteiger partial charge in [0.05, 0.1) is 5.69 Å². The summed E-state index contributed by atoms with van der Waals surface area (Å²) < 4.78 is 0. The average Bonchev–Trinajstić information content (AvgIpc) is 2.49. The molecule has 21 heavy (non-hydrogen) atoms. The summed E-state index contributed by atoms with van der Waals surface area (Å²) in [5.74, 6) is 0. The number of benzene rings is 1. The molecule has 0 radical (unpaired) electrons. The van der Waals surface area contributed by atoms with Gasteiger partial charge in [-0.05, 0) is 57.3 Å². The van der Waals surface area contributed by atoms with Gasteiger partial charge in [-0.25, -0.2) is 0 Å². The Morgan fingerprint density at radius 2 is 1.71 bits per heavy atom. The molecule has 2 rings (SSSR count). The molecule has 0 aromatic heterocycles. The number of rotatable bonds is 6. The third-order valence-corrected chi connectivity index (χ3v) is 5.20. The fourth-order valence-electron chi connectivity index (χ4n) is 3.13. The summed E-state index contributed by atoms with van der Waals surface area (Å²) in [5, 5.41) is 0. The van der Waals surface area contributed by atoms with Crippen LogP contribution in [0.1, 0.15) is 38.5 Å². The van der Waals surface area contributed by atoms with E-state index in [4.69, 9.17) is 0 Å². The molecule has 1 saturated heterocycles. The zero-order valence-corrected chi connectivity index (χ0v) is 14.5. The van der Waals surface area contributed by atoms with Crippen LogP contribution < -0.4 is 4.90 Å². The van der Waals surface area contributed by atoms with E-state index in [9.17, 15) is 0 Å². The lowest BCUT2D eigenvalue weighted by molar-refractivity contribution is 0.246. The Bertz CT molecular complexity index is 400. The lowest BCUT2D eigenvalue weighted by Crippen LogP contribution is -2.31. The predicted molar refractivity (Wildman–Crippen MR) is 95.6 cm³/mol. The molecule has 1 aliphatic heterocycles. The van der Waals surface area contributed by atoms with Crippen LogP contribution in [0.2, 0.25) is 0 Å². The van der Waals surface area contributed by atoms with Crippen LogP contribution in [0.4, 0.5) is 5.69 Å². The van der Waals surface area contributed by atoms with Crippen LogP contribution in [0.25, 0.3) is 0 Å². The van der Waals surface area contributed by atoms with E-state index < -0.39 is 0 Å². The number of hydrogen-bond donors (Lipinski definition) is 0. The Hall–Kier alpha value is -0.670. The van der Waals surface area contributed by atoms with Crippen LogP contribution in [0, 0.1) is 0 Å². The summed E-state index contributed by atoms with van der Waals surface area (Å²) in [6, 6.07) is 8.73. The summed E-state index contributed by atoms with van der Waals surface area (Å²) in [7, 11) is 2.22. The SMILES string of the molecule is CSc1ccccc1N(C)CCCN1CCCCCCC1. The first-order valence-corrected chi connectivity index (χ1v) is 9.60. The van der Waals surface area contributed by atoms with Gasteiger partial charge < -0.3 is 9.80 Å². The van der Waals surface area contributed by atoms with Crippen molar-refractivity contribution in [3.05, 3.63) is 24.3 Å². The molecule has 0 spiro atoms. The first-order valence-electron chi connectivity index (χ1n) is 8.38. The second-order valence-electron chi connectivity index (χ2n) is 6.06. The van der Waals surface area contributed by atoms with Crippen LogP contribution >= 0.6 is 11.8 Å². The molecule has 1 fully saturated rings. The van der Waals surface area contributed by atoms with Crippen molar-refractivity contribution in [1.29, 1.82) is 0 Å². The number of nitrogens with zero attached hydrogens (tertiary/aromatic N) is 2. The van der Waals surface area contributed by atoms with Crippen molar-refractivity contribution in [3.8, 4) is 0 Å². The molecule has 0 bridgehead atoms. The third kappa shape index (κ3) is 5.55. The number of anilines is 1. The summed E-state index contributed by atoms with van der Waals surface area (Å²) in [6.45, 7) is 5.02. The zero-order chi connectivity index (χ0) is 14.9. The standard InChI is InChI=1S/C18H30N2S/c1-19(17-11-6-7-12-18(17)21-2)13-10-16-20-14-8-4-3-5-9-15-20/h6-7,11-12H,3-5,8-10,13-16H2,1-2H3. The third-order valence-electron chi connectivity index (χ3n) is 4.41. The Morgan fingerprint density at radius 1 is 1.05 bits per heavy atom. The fraction of sp³-hybridized carbons (Fsp3) is 0.667. The molecule has 0 N–H and O–H groups in total. The van der Waals surface area contributed by atoms with Crippen molar-refractivity contribution in [2.45, 2.75) is 43.4 Å². The van der Waals surface area contributed by atoms with Gasteiger partial charge in [-0.3, -0.25) is 0 Å². The van der Waals surface area contributed by atoms with Gasteiger partial charge in [0.25, 0.3) is 0 Å². The topological polar surface area (TPSA) is 6.48 Å². The van der Waals surface area contributed by atoms with Crippen LogP contribution in [-0.4, -0.2) is 44.4 Å². The highest BCUT2D eigenvalue weighted by Gasteiger charge is 2.09. The number of para-hydroxylation sites is 1. The predicted octanol–water partition coefficient (Wildman–Crippen LogP) is 4.50. The summed E-state index contributed by atoms with van der Waals surface area (Å²) in [4.78, 5) is 6.47. The van der Waals surface area contributed by atoms with E-state index >= 15 is 0 Å². The van der Waals surface area contributed by atoms with Crippen molar-refractivity contribution < 1.29 is 0 Å². The molecule has 0 saturated carbocycles. The highest BCUT2D eigenvalue weighted by molar-refractivity contribution is 7.98. The van der Waals surface area contributed by atoms with Gasteiger partial charge in [0, 0.05) is 18.5 Å². The Morgan fingerprint density at radius 3 is 2.43 bits per heavy atom. The van der Waals surface area contributed by atoms with Crippen LogP contribution in [0.15, 0.2) is 29.2 Å². The fourth-order valence-corrected chi connectivity index (χ4v) is 3.78. The van der Waals surface area contributed by atoms with Crippen molar-refractivity contribution in [2.75, 3.05) is 44.4 Å². The Kier molecular flexibility index (Phi) is 7.45. The molecule has 1 aromatic carbocycles. The molecular weight excluding hydrogens is 276 g/mol. The molecule has 1 heterocycles. The monoisotopic (exact) mass is 306 g/mol. The first kappa shape index (κ1) is 16.7. The molecule has 1 aliphatic rings. The molecular formula is C18H30N2S. The summed E-state index contributed by atoms with van der Waals surface area (Å²) in [5.41, 5.74) is 1.37. The van der Waals surface area contributed by atoms with Gasteiger partial charge in [0.15, 0.2) is 0 Å². The Labute approximate surface area is 134 Å². The highest BCUT2D eigenvalue weighted by Crippen LogP contribution is 2.27.